The third kappa shape index (κ3) is 5.35. The minimum absolute atomic E-state index is 0.00203. The van der Waals surface area contributed by atoms with Crippen LogP contribution in [0, 0.1) is 0 Å². The van der Waals surface area contributed by atoms with Crippen molar-refractivity contribution in [2.45, 2.75) is 18.9 Å². The van der Waals surface area contributed by atoms with Gasteiger partial charge in [0.05, 0.1) is 16.2 Å². The summed E-state index contributed by atoms with van der Waals surface area (Å²) >= 11 is 3.54. The zero-order valence-electron chi connectivity index (χ0n) is 19.3. The number of hydrogen-bond acceptors (Lipinski definition) is 6. The number of likely N-dealkylation sites (tertiary alicyclic amines) is 1. The van der Waals surface area contributed by atoms with Crippen LogP contribution in [0.3, 0.4) is 0 Å². The number of rotatable bonds is 4. The number of likely N-dealkylation sites (N-methyl/N-ethyl adjacent to an activating group) is 1. The molecule has 0 spiro atoms. The number of hydrogen-bond donors (Lipinski definition) is 4. The molecule has 2 aromatic carbocycles. The van der Waals surface area contributed by atoms with Crippen LogP contribution in [0.25, 0.3) is 5.70 Å². The van der Waals surface area contributed by atoms with E-state index in [9.17, 15) is 20.1 Å². The number of amides is 1. The van der Waals surface area contributed by atoms with Crippen LogP contribution < -0.4 is 5.32 Å². The van der Waals surface area contributed by atoms with E-state index in [1.54, 1.807) is 23.1 Å². The molecule has 2 aliphatic rings. The molecular weight excluding hydrogens is 512 g/mol. The lowest BCUT2D eigenvalue weighted by molar-refractivity contribution is 0.0714. The van der Waals surface area contributed by atoms with Crippen LogP contribution in [0.15, 0.2) is 76.5 Å². The molecule has 4 N–H and O–H groups in total. The molecule has 1 saturated heterocycles. The normalized spacial score (nSPS) is 19.3. The number of benzene rings is 2. The first kappa shape index (κ1) is 24.4. The summed E-state index contributed by atoms with van der Waals surface area (Å²) in [7, 11) is 1.90. The number of para-hydroxylation sites is 1. The second-order valence-corrected chi connectivity index (χ2v) is 9.26. The monoisotopic (exact) mass is 538 g/mol. The zero-order chi connectivity index (χ0) is 25.1. The largest absolute Gasteiger partial charge is 0.508 e. The predicted octanol–water partition coefficient (Wildman–Crippen LogP) is 4.13. The Bertz CT molecular complexity index is 1230. The molecule has 0 unspecified atom stereocenters. The number of carbonyl (C=O) groups excluding carboxylic acids is 1. The zero-order valence-corrected chi connectivity index (χ0v) is 20.9. The molecule has 1 amide bonds. The van der Waals surface area contributed by atoms with Gasteiger partial charge in [0.1, 0.15) is 28.9 Å². The fourth-order valence-electron chi connectivity index (χ4n) is 4.16. The number of phenolic OH excluding ortho intramolecular Hbond substituents is 3. The van der Waals surface area contributed by atoms with Gasteiger partial charge in [0.25, 0.3) is 5.91 Å². The highest BCUT2D eigenvalue weighted by Gasteiger charge is 2.27. The fourth-order valence-corrected chi connectivity index (χ4v) is 4.53. The second kappa shape index (κ2) is 10.3. The van der Waals surface area contributed by atoms with Gasteiger partial charge in [-0.15, -0.1) is 0 Å². The lowest BCUT2D eigenvalue weighted by Gasteiger charge is -2.34. The Kier molecular flexibility index (Phi) is 7.16. The smallest absolute Gasteiger partial charge is 0.254 e. The number of allylic oxidation sites excluding steroid dienone is 2. The minimum atomic E-state index is -0.233. The predicted molar refractivity (Wildman–Crippen MR) is 139 cm³/mol. The van der Waals surface area contributed by atoms with Crippen molar-refractivity contribution in [3.05, 3.63) is 82.6 Å². The minimum Gasteiger partial charge on any atom is -0.508 e. The molecule has 35 heavy (non-hydrogen) atoms. The van der Waals surface area contributed by atoms with Crippen molar-refractivity contribution in [2.24, 2.45) is 4.99 Å². The highest BCUT2D eigenvalue weighted by Crippen LogP contribution is 2.30. The summed E-state index contributed by atoms with van der Waals surface area (Å²) in [6.45, 7) is 4.85. The van der Waals surface area contributed by atoms with E-state index in [0.29, 0.717) is 37.2 Å². The van der Waals surface area contributed by atoms with E-state index in [0.717, 1.165) is 16.1 Å². The molecule has 0 saturated carbocycles. The molecule has 2 heterocycles. The maximum atomic E-state index is 12.8. The summed E-state index contributed by atoms with van der Waals surface area (Å²) in [5.74, 6) is 1.10. The molecular formula is C26H27BrN4O4. The summed E-state index contributed by atoms with van der Waals surface area (Å²) in [5.41, 5.74) is 1.62. The molecule has 0 aromatic heterocycles. The van der Waals surface area contributed by atoms with E-state index in [-0.39, 0.29) is 34.8 Å². The Labute approximate surface area is 212 Å². The Morgan fingerprint density at radius 1 is 1.14 bits per heavy atom. The van der Waals surface area contributed by atoms with E-state index in [2.05, 4.69) is 27.8 Å². The maximum Gasteiger partial charge on any atom is 0.254 e. The molecule has 2 aliphatic heterocycles. The van der Waals surface area contributed by atoms with Crippen LogP contribution in [0.1, 0.15) is 28.8 Å². The van der Waals surface area contributed by atoms with Crippen LogP contribution in [0.2, 0.25) is 0 Å². The summed E-state index contributed by atoms with van der Waals surface area (Å²) in [6.07, 6.45) is 4.92. The summed E-state index contributed by atoms with van der Waals surface area (Å²) in [4.78, 5) is 21.4. The van der Waals surface area contributed by atoms with Gasteiger partial charge in [0.2, 0.25) is 0 Å². The van der Waals surface area contributed by atoms with Gasteiger partial charge in [0.15, 0.2) is 0 Å². The molecule has 2 aromatic rings. The molecule has 8 nitrogen and oxygen atoms in total. The van der Waals surface area contributed by atoms with Gasteiger partial charge < -0.3 is 30.4 Å². The van der Waals surface area contributed by atoms with Crippen LogP contribution in [0.5, 0.6) is 17.2 Å². The number of aromatic hydroxyl groups is 3. The fraction of sp³-hybridized carbons (Fsp3) is 0.231. The number of piperidine rings is 1. The molecule has 1 fully saturated rings. The molecule has 0 radical (unpaired) electrons. The lowest BCUT2D eigenvalue weighted by Crippen LogP contribution is -2.41. The van der Waals surface area contributed by atoms with Crippen molar-refractivity contribution in [1.29, 1.82) is 0 Å². The van der Waals surface area contributed by atoms with Crippen molar-refractivity contribution >= 4 is 33.4 Å². The number of nitrogens with zero attached hydrogens (tertiary/aromatic N) is 3. The molecule has 4 rings (SSSR count). The highest BCUT2D eigenvalue weighted by atomic mass is 79.9. The average molecular weight is 539 g/mol. The Morgan fingerprint density at radius 2 is 1.80 bits per heavy atom. The van der Waals surface area contributed by atoms with Crippen molar-refractivity contribution in [3.63, 3.8) is 0 Å². The molecule has 0 atom stereocenters. The van der Waals surface area contributed by atoms with Crippen molar-refractivity contribution in [1.82, 2.24) is 15.1 Å². The van der Waals surface area contributed by atoms with Crippen molar-refractivity contribution in [3.8, 4) is 17.2 Å². The highest BCUT2D eigenvalue weighted by molar-refractivity contribution is 9.11. The third-order valence-corrected chi connectivity index (χ3v) is 6.72. The van der Waals surface area contributed by atoms with Crippen LogP contribution in [0.4, 0.5) is 0 Å². The van der Waals surface area contributed by atoms with E-state index >= 15 is 0 Å². The first-order valence-corrected chi connectivity index (χ1v) is 12.0. The van der Waals surface area contributed by atoms with Gasteiger partial charge in [-0.3, -0.25) is 9.79 Å². The van der Waals surface area contributed by atoms with Gasteiger partial charge in [-0.1, -0.05) is 24.8 Å². The van der Waals surface area contributed by atoms with Crippen LogP contribution in [-0.4, -0.2) is 63.0 Å². The number of aliphatic imine (C=N–C) groups is 1. The molecule has 0 bridgehead atoms. The van der Waals surface area contributed by atoms with Crippen molar-refractivity contribution in [2.75, 3.05) is 20.1 Å². The lowest BCUT2D eigenvalue weighted by atomic mass is 10.0. The first-order valence-electron chi connectivity index (χ1n) is 11.2. The Balaban J connectivity index is 1.56. The number of amidine groups is 1. The van der Waals surface area contributed by atoms with Gasteiger partial charge in [-0.2, -0.15) is 0 Å². The van der Waals surface area contributed by atoms with Gasteiger partial charge >= 0.3 is 0 Å². The van der Waals surface area contributed by atoms with Crippen LogP contribution >= 0.6 is 15.9 Å². The Morgan fingerprint density at radius 3 is 2.43 bits per heavy atom. The standard InChI is InChI=1S/C26H27BrN4O4/c1-3-21(27)25-29-22(20-6-4-5-7-23(20)34)15-24(30(25)2)28-17-8-10-31(11-9-17)26(35)16-12-18(32)14-19(33)13-16/h3-7,12-15,17,29,32-34H,1,8-11H2,2H3/b25-21+,28-24?. The topological polar surface area (TPSA) is 109 Å². The molecule has 182 valence electrons. The van der Waals surface area contributed by atoms with Gasteiger partial charge in [0, 0.05) is 43.4 Å². The summed E-state index contributed by atoms with van der Waals surface area (Å²) < 4.78 is 0.753. The number of nitrogens with one attached hydrogen (secondary N) is 1. The second-order valence-electron chi connectivity index (χ2n) is 8.41. The van der Waals surface area contributed by atoms with E-state index in [1.807, 2.05) is 30.2 Å². The molecule has 0 aliphatic carbocycles. The van der Waals surface area contributed by atoms with Gasteiger partial charge in [-0.25, -0.2) is 0 Å². The number of carbonyl (C=O) groups is 1. The number of phenols is 3. The quantitative estimate of drug-likeness (QED) is 0.466. The Hall–Kier alpha value is -3.72. The van der Waals surface area contributed by atoms with Gasteiger partial charge in [-0.05, 0) is 53.0 Å². The maximum absolute atomic E-state index is 12.8. The van der Waals surface area contributed by atoms with Crippen molar-refractivity contribution < 1.29 is 20.1 Å². The third-order valence-electron chi connectivity index (χ3n) is 6.02. The summed E-state index contributed by atoms with van der Waals surface area (Å²) in [5, 5.41) is 33.1. The first-order chi connectivity index (χ1) is 16.8. The van der Waals surface area contributed by atoms with Crippen LogP contribution in [-0.2, 0) is 0 Å². The van der Waals surface area contributed by atoms with E-state index < -0.39 is 0 Å². The number of halogens is 1. The van der Waals surface area contributed by atoms with E-state index in [4.69, 9.17) is 4.99 Å². The summed E-state index contributed by atoms with van der Waals surface area (Å²) in [6, 6.07) is 11.0. The average Bonchev–Trinajstić information content (AvgIpc) is 2.84. The van der Waals surface area contributed by atoms with E-state index in [1.165, 1.54) is 18.2 Å². The SMILES string of the molecule is C=C/C(Br)=C1/NC(c2ccccc2O)=CC(=NC2CCN(C(=O)c3cc(O)cc(O)c3)CC2)N1C. The molecule has 9 heteroatoms.